The van der Waals surface area contributed by atoms with E-state index in [1.54, 1.807) is 0 Å². The van der Waals surface area contributed by atoms with Crippen LogP contribution in [0, 0.1) is 17.8 Å². The van der Waals surface area contributed by atoms with Crippen LogP contribution in [0.3, 0.4) is 0 Å². The third-order valence-electron chi connectivity index (χ3n) is 1.51. The first-order valence-corrected chi connectivity index (χ1v) is 4.72. The molecule has 0 aliphatic carbocycles. The fourth-order valence-electron chi connectivity index (χ4n) is 0.955. The molecule has 0 aliphatic heterocycles. The Labute approximate surface area is 89.9 Å². The van der Waals surface area contributed by atoms with Gasteiger partial charge in [0.25, 0.3) is 0 Å². The monoisotopic (exact) mass is 212 g/mol. The lowest BCUT2D eigenvalue weighted by Gasteiger charge is -2.12. The third kappa shape index (κ3) is 7.56. The number of methoxy groups -OCH3 is 1. The molecular formula is C11H16O4. The molecule has 1 unspecified atom stereocenters. The Bertz CT molecular complexity index is 283. The Kier molecular flexibility index (Phi) is 6.19. The lowest BCUT2D eigenvalue weighted by atomic mass is 10.1. The number of carbonyl (C=O) groups is 2. The maximum atomic E-state index is 10.8. The fourth-order valence-corrected chi connectivity index (χ4v) is 0.955. The van der Waals surface area contributed by atoms with Crippen molar-refractivity contribution in [1.82, 2.24) is 0 Å². The zero-order chi connectivity index (χ0) is 11.8. The number of esters is 2. The van der Waals surface area contributed by atoms with Crippen molar-refractivity contribution in [1.29, 1.82) is 0 Å². The van der Waals surface area contributed by atoms with Crippen molar-refractivity contribution in [2.24, 2.45) is 5.92 Å². The third-order valence-corrected chi connectivity index (χ3v) is 1.51. The van der Waals surface area contributed by atoms with Gasteiger partial charge in [-0.1, -0.05) is 13.8 Å². The van der Waals surface area contributed by atoms with Crippen LogP contribution in [0.1, 0.15) is 27.2 Å². The molecule has 0 fully saturated rings. The van der Waals surface area contributed by atoms with Crippen LogP contribution < -0.4 is 0 Å². The summed E-state index contributed by atoms with van der Waals surface area (Å²) < 4.78 is 9.29. The average Bonchev–Trinajstić information content (AvgIpc) is 2.11. The van der Waals surface area contributed by atoms with Gasteiger partial charge in [0.2, 0.25) is 0 Å². The van der Waals surface area contributed by atoms with E-state index in [9.17, 15) is 9.59 Å². The summed E-state index contributed by atoms with van der Waals surface area (Å²) in [4.78, 5) is 21.5. The van der Waals surface area contributed by atoms with Crippen LogP contribution >= 0.6 is 0 Å². The number of ether oxygens (including phenoxy) is 2. The summed E-state index contributed by atoms with van der Waals surface area (Å²) in [7, 11) is 1.25. The highest BCUT2D eigenvalue weighted by Gasteiger charge is 2.11. The van der Waals surface area contributed by atoms with Crippen LogP contribution in [0.15, 0.2) is 0 Å². The van der Waals surface area contributed by atoms with Crippen molar-refractivity contribution < 1.29 is 19.1 Å². The lowest BCUT2D eigenvalue weighted by molar-refractivity contribution is -0.144. The summed E-state index contributed by atoms with van der Waals surface area (Å²) in [6.45, 7) is 5.28. The highest BCUT2D eigenvalue weighted by molar-refractivity contribution is 5.88. The molecular weight excluding hydrogens is 196 g/mol. The molecule has 0 aromatic heterocycles. The zero-order valence-electron chi connectivity index (χ0n) is 9.49. The minimum atomic E-state index is -0.629. The van der Waals surface area contributed by atoms with Crippen molar-refractivity contribution in [2.75, 3.05) is 7.11 Å². The SMILES string of the molecule is COC(=O)C#CC(CC(C)C)OC(C)=O. The van der Waals surface area contributed by atoms with E-state index in [1.807, 2.05) is 13.8 Å². The van der Waals surface area contributed by atoms with E-state index in [4.69, 9.17) is 4.74 Å². The normalized spacial score (nSPS) is 11.3. The first-order valence-electron chi connectivity index (χ1n) is 4.72. The van der Waals surface area contributed by atoms with Gasteiger partial charge in [0.15, 0.2) is 6.10 Å². The quantitative estimate of drug-likeness (QED) is 0.400. The van der Waals surface area contributed by atoms with Gasteiger partial charge in [-0.3, -0.25) is 4.79 Å². The van der Waals surface area contributed by atoms with Crippen LogP contribution in [0.5, 0.6) is 0 Å². The van der Waals surface area contributed by atoms with E-state index in [-0.39, 0.29) is 0 Å². The van der Waals surface area contributed by atoms with Gasteiger partial charge >= 0.3 is 11.9 Å². The lowest BCUT2D eigenvalue weighted by Crippen LogP contribution is -2.17. The van der Waals surface area contributed by atoms with Crippen LogP contribution in [0.2, 0.25) is 0 Å². The van der Waals surface area contributed by atoms with E-state index in [2.05, 4.69) is 16.6 Å². The topological polar surface area (TPSA) is 52.6 Å². The predicted molar refractivity (Wildman–Crippen MR) is 54.8 cm³/mol. The first-order chi connectivity index (χ1) is 6.95. The van der Waals surface area contributed by atoms with Crippen LogP contribution in [-0.4, -0.2) is 25.2 Å². The Balaban J connectivity index is 4.40. The van der Waals surface area contributed by atoms with E-state index in [1.165, 1.54) is 14.0 Å². The summed E-state index contributed by atoms with van der Waals surface area (Å²) >= 11 is 0. The van der Waals surface area contributed by atoms with E-state index in [0.29, 0.717) is 12.3 Å². The van der Waals surface area contributed by atoms with Gasteiger partial charge in [-0.25, -0.2) is 4.79 Å². The zero-order valence-corrected chi connectivity index (χ0v) is 9.49. The van der Waals surface area contributed by atoms with Crippen molar-refractivity contribution in [3.63, 3.8) is 0 Å². The van der Waals surface area contributed by atoms with Gasteiger partial charge in [0.1, 0.15) is 0 Å². The fraction of sp³-hybridized carbons (Fsp3) is 0.636. The summed E-state index contributed by atoms with van der Waals surface area (Å²) in [6, 6.07) is 0. The average molecular weight is 212 g/mol. The van der Waals surface area contributed by atoms with E-state index < -0.39 is 18.0 Å². The van der Waals surface area contributed by atoms with Crippen molar-refractivity contribution >= 4 is 11.9 Å². The molecule has 0 aromatic carbocycles. The molecule has 0 amide bonds. The van der Waals surface area contributed by atoms with E-state index >= 15 is 0 Å². The smallest absolute Gasteiger partial charge is 0.384 e. The molecule has 0 saturated heterocycles. The number of hydrogen-bond acceptors (Lipinski definition) is 4. The van der Waals surface area contributed by atoms with Gasteiger partial charge in [-0.15, -0.1) is 0 Å². The second-order valence-electron chi connectivity index (χ2n) is 3.49. The maximum absolute atomic E-state index is 10.8. The van der Waals surface area contributed by atoms with Crippen molar-refractivity contribution in [3.8, 4) is 11.8 Å². The van der Waals surface area contributed by atoms with Crippen LogP contribution in [0.4, 0.5) is 0 Å². The van der Waals surface area contributed by atoms with E-state index in [0.717, 1.165) is 0 Å². The Morgan fingerprint density at radius 1 is 1.33 bits per heavy atom. The molecule has 0 aliphatic rings. The number of carbonyl (C=O) groups excluding carboxylic acids is 2. The first kappa shape index (κ1) is 13.5. The van der Waals surface area contributed by atoms with Crippen LogP contribution in [0.25, 0.3) is 0 Å². The minimum absolute atomic E-state index is 0.335. The molecule has 4 nitrogen and oxygen atoms in total. The van der Waals surface area contributed by atoms with Gasteiger partial charge in [0.05, 0.1) is 7.11 Å². The Hall–Kier alpha value is -1.50. The predicted octanol–water partition coefficient (Wildman–Crippen LogP) is 1.14. The molecule has 4 heteroatoms. The summed E-state index contributed by atoms with van der Waals surface area (Å²) in [5.41, 5.74) is 0. The molecule has 0 rings (SSSR count). The molecule has 0 spiro atoms. The number of hydrogen-bond donors (Lipinski definition) is 0. The van der Waals surface area contributed by atoms with Gasteiger partial charge in [0, 0.05) is 12.8 Å². The van der Waals surface area contributed by atoms with Crippen molar-refractivity contribution in [2.45, 2.75) is 33.3 Å². The summed E-state index contributed by atoms with van der Waals surface area (Å²) in [6.07, 6.45) is 0.0606. The van der Waals surface area contributed by atoms with Gasteiger partial charge in [-0.05, 0) is 18.3 Å². The molecule has 0 N–H and O–H groups in total. The molecule has 15 heavy (non-hydrogen) atoms. The maximum Gasteiger partial charge on any atom is 0.384 e. The Morgan fingerprint density at radius 3 is 2.33 bits per heavy atom. The molecule has 0 heterocycles. The molecule has 0 saturated carbocycles. The Morgan fingerprint density at radius 2 is 1.93 bits per heavy atom. The molecule has 0 bridgehead atoms. The minimum Gasteiger partial charge on any atom is -0.459 e. The van der Waals surface area contributed by atoms with Gasteiger partial charge in [-0.2, -0.15) is 0 Å². The van der Waals surface area contributed by atoms with Crippen molar-refractivity contribution in [3.05, 3.63) is 0 Å². The molecule has 84 valence electrons. The van der Waals surface area contributed by atoms with Gasteiger partial charge < -0.3 is 9.47 Å². The molecule has 0 aromatic rings. The molecule has 1 atom stereocenters. The standard InChI is InChI=1S/C11H16O4/c1-8(2)7-10(15-9(3)12)5-6-11(13)14-4/h8,10H,7H2,1-4H3. The summed E-state index contributed by atoms with van der Waals surface area (Å²) in [5, 5.41) is 0. The number of rotatable bonds is 3. The highest BCUT2D eigenvalue weighted by atomic mass is 16.5. The van der Waals surface area contributed by atoms with Crippen LogP contribution in [-0.2, 0) is 19.1 Å². The summed E-state index contributed by atoms with van der Waals surface area (Å²) in [5.74, 6) is 4.12. The molecule has 0 radical (unpaired) electrons. The second kappa shape index (κ2) is 6.88. The largest absolute Gasteiger partial charge is 0.459 e. The highest BCUT2D eigenvalue weighted by Crippen LogP contribution is 2.07. The second-order valence-corrected chi connectivity index (χ2v) is 3.49.